The van der Waals surface area contributed by atoms with Crippen LogP contribution in [0, 0.1) is 0 Å². The van der Waals surface area contributed by atoms with E-state index in [1.807, 2.05) is 6.92 Å². The minimum Gasteiger partial charge on any atom is -0.384 e. The highest BCUT2D eigenvalue weighted by molar-refractivity contribution is 4.97. The SMILES string of the molecule is CCc1noc([C@@H]2CCCCN2Cc2nc(CCOC)no2)n1. The minimum absolute atomic E-state index is 0.130. The number of piperidine rings is 1. The lowest BCUT2D eigenvalue weighted by molar-refractivity contribution is 0.0985. The van der Waals surface area contributed by atoms with Crippen LogP contribution >= 0.6 is 0 Å². The highest BCUT2D eigenvalue weighted by Crippen LogP contribution is 2.31. The molecule has 1 atom stereocenters. The molecule has 0 N–H and O–H groups in total. The number of hydrogen-bond acceptors (Lipinski definition) is 8. The van der Waals surface area contributed by atoms with Gasteiger partial charge in [0.1, 0.15) is 0 Å². The average molecular weight is 321 g/mol. The number of hydrogen-bond donors (Lipinski definition) is 0. The smallest absolute Gasteiger partial charge is 0.244 e. The number of likely N-dealkylation sites (tertiary alicyclic amines) is 1. The molecule has 0 aliphatic carbocycles. The van der Waals surface area contributed by atoms with Crippen molar-refractivity contribution in [2.45, 2.75) is 51.6 Å². The summed E-state index contributed by atoms with van der Waals surface area (Å²) in [6, 6.07) is 0.130. The molecule has 1 fully saturated rings. The molecule has 1 aliphatic rings. The van der Waals surface area contributed by atoms with Gasteiger partial charge in [-0.3, -0.25) is 4.90 Å². The van der Waals surface area contributed by atoms with Gasteiger partial charge in [0.15, 0.2) is 11.6 Å². The van der Waals surface area contributed by atoms with E-state index in [1.54, 1.807) is 7.11 Å². The third kappa shape index (κ3) is 3.94. The zero-order valence-corrected chi connectivity index (χ0v) is 13.7. The summed E-state index contributed by atoms with van der Waals surface area (Å²) in [5, 5.41) is 8.00. The molecule has 2 aromatic heterocycles. The maximum absolute atomic E-state index is 5.44. The molecular formula is C15H23N5O3. The van der Waals surface area contributed by atoms with Gasteiger partial charge in [-0.05, 0) is 19.4 Å². The molecule has 0 aromatic carbocycles. The number of aromatic nitrogens is 4. The Hall–Kier alpha value is -1.80. The molecule has 3 rings (SSSR count). The van der Waals surface area contributed by atoms with Crippen LogP contribution in [0.2, 0.25) is 0 Å². The van der Waals surface area contributed by atoms with Gasteiger partial charge in [-0.1, -0.05) is 23.7 Å². The predicted molar refractivity (Wildman–Crippen MR) is 80.6 cm³/mol. The zero-order valence-electron chi connectivity index (χ0n) is 13.7. The lowest BCUT2D eigenvalue weighted by atomic mass is 10.0. The van der Waals surface area contributed by atoms with Crippen molar-refractivity contribution in [1.29, 1.82) is 0 Å². The summed E-state index contributed by atoms with van der Waals surface area (Å²) in [5.41, 5.74) is 0. The maximum atomic E-state index is 5.44. The van der Waals surface area contributed by atoms with Crippen molar-refractivity contribution in [3.05, 3.63) is 23.4 Å². The Morgan fingerprint density at radius 3 is 2.83 bits per heavy atom. The lowest BCUT2D eigenvalue weighted by Gasteiger charge is -2.31. The molecule has 0 amide bonds. The van der Waals surface area contributed by atoms with Crippen LogP contribution in [-0.4, -0.2) is 45.4 Å². The van der Waals surface area contributed by atoms with Crippen LogP contribution < -0.4 is 0 Å². The van der Waals surface area contributed by atoms with E-state index in [1.165, 1.54) is 0 Å². The molecule has 8 heteroatoms. The Morgan fingerprint density at radius 2 is 2.04 bits per heavy atom. The van der Waals surface area contributed by atoms with E-state index in [0.29, 0.717) is 37.2 Å². The second kappa shape index (κ2) is 7.65. The highest BCUT2D eigenvalue weighted by atomic mass is 16.5. The summed E-state index contributed by atoms with van der Waals surface area (Å²) in [6.07, 6.45) is 4.76. The number of aryl methyl sites for hydroxylation is 1. The summed E-state index contributed by atoms with van der Waals surface area (Å²) in [7, 11) is 1.66. The average Bonchev–Trinajstić information content (AvgIpc) is 3.22. The van der Waals surface area contributed by atoms with Crippen LogP contribution in [0.1, 0.15) is 55.7 Å². The Morgan fingerprint density at radius 1 is 1.17 bits per heavy atom. The first kappa shape index (κ1) is 16.1. The monoisotopic (exact) mass is 321 g/mol. The van der Waals surface area contributed by atoms with E-state index < -0.39 is 0 Å². The molecular weight excluding hydrogens is 298 g/mol. The number of ether oxygens (including phenoxy) is 1. The third-order valence-corrected chi connectivity index (χ3v) is 4.08. The van der Waals surface area contributed by atoms with Crippen molar-refractivity contribution >= 4 is 0 Å². The predicted octanol–water partition coefficient (Wildman–Crippen LogP) is 1.93. The van der Waals surface area contributed by atoms with Crippen LogP contribution in [-0.2, 0) is 24.1 Å². The minimum atomic E-state index is 0.130. The Bertz CT molecular complexity index is 612. The van der Waals surface area contributed by atoms with Gasteiger partial charge in [0.2, 0.25) is 11.8 Å². The van der Waals surface area contributed by atoms with Crippen molar-refractivity contribution in [3.63, 3.8) is 0 Å². The fourth-order valence-corrected chi connectivity index (χ4v) is 2.83. The molecule has 0 saturated carbocycles. The molecule has 1 aliphatic heterocycles. The first-order chi connectivity index (χ1) is 11.3. The fourth-order valence-electron chi connectivity index (χ4n) is 2.83. The lowest BCUT2D eigenvalue weighted by Crippen LogP contribution is -2.33. The van der Waals surface area contributed by atoms with Crippen molar-refractivity contribution in [2.24, 2.45) is 0 Å². The van der Waals surface area contributed by atoms with Gasteiger partial charge in [0.25, 0.3) is 0 Å². The van der Waals surface area contributed by atoms with E-state index in [-0.39, 0.29) is 6.04 Å². The van der Waals surface area contributed by atoms with Crippen molar-refractivity contribution in [2.75, 3.05) is 20.3 Å². The largest absolute Gasteiger partial charge is 0.384 e. The van der Waals surface area contributed by atoms with Crippen LogP contribution in [0.5, 0.6) is 0 Å². The molecule has 3 heterocycles. The van der Waals surface area contributed by atoms with Gasteiger partial charge in [0, 0.05) is 20.0 Å². The van der Waals surface area contributed by atoms with Crippen molar-refractivity contribution in [3.8, 4) is 0 Å². The van der Waals surface area contributed by atoms with Crippen LogP contribution in [0.3, 0.4) is 0 Å². The van der Waals surface area contributed by atoms with Crippen LogP contribution in [0.4, 0.5) is 0 Å². The Balaban J connectivity index is 1.67. The molecule has 0 unspecified atom stereocenters. The van der Waals surface area contributed by atoms with Crippen molar-refractivity contribution < 1.29 is 13.8 Å². The van der Waals surface area contributed by atoms with E-state index in [0.717, 1.165) is 38.1 Å². The second-order valence-corrected chi connectivity index (χ2v) is 5.73. The maximum Gasteiger partial charge on any atom is 0.244 e. The summed E-state index contributed by atoms with van der Waals surface area (Å²) >= 11 is 0. The third-order valence-electron chi connectivity index (χ3n) is 4.08. The van der Waals surface area contributed by atoms with Gasteiger partial charge < -0.3 is 13.8 Å². The van der Waals surface area contributed by atoms with E-state index in [4.69, 9.17) is 13.8 Å². The second-order valence-electron chi connectivity index (χ2n) is 5.73. The molecule has 2 aromatic rings. The quantitative estimate of drug-likeness (QED) is 0.764. The van der Waals surface area contributed by atoms with Crippen LogP contribution in [0.25, 0.3) is 0 Å². The normalized spacial score (nSPS) is 19.3. The fraction of sp³-hybridized carbons (Fsp3) is 0.733. The molecule has 126 valence electrons. The summed E-state index contributed by atoms with van der Waals surface area (Å²) < 4.78 is 15.8. The number of methoxy groups -OCH3 is 1. The summed E-state index contributed by atoms with van der Waals surface area (Å²) in [5.74, 6) is 2.76. The molecule has 0 spiro atoms. The topological polar surface area (TPSA) is 90.3 Å². The zero-order chi connectivity index (χ0) is 16.1. The first-order valence-corrected chi connectivity index (χ1v) is 8.17. The van der Waals surface area contributed by atoms with E-state index >= 15 is 0 Å². The summed E-state index contributed by atoms with van der Waals surface area (Å²) in [6.45, 7) is 4.18. The van der Waals surface area contributed by atoms with Crippen LogP contribution in [0.15, 0.2) is 9.05 Å². The Labute approximate surface area is 135 Å². The number of rotatable bonds is 7. The highest BCUT2D eigenvalue weighted by Gasteiger charge is 2.29. The molecule has 1 saturated heterocycles. The van der Waals surface area contributed by atoms with Gasteiger partial charge in [-0.15, -0.1) is 0 Å². The van der Waals surface area contributed by atoms with Gasteiger partial charge >= 0.3 is 0 Å². The molecule has 8 nitrogen and oxygen atoms in total. The van der Waals surface area contributed by atoms with Gasteiger partial charge in [-0.2, -0.15) is 9.97 Å². The van der Waals surface area contributed by atoms with Crippen molar-refractivity contribution in [1.82, 2.24) is 25.2 Å². The van der Waals surface area contributed by atoms with E-state index in [2.05, 4.69) is 25.2 Å². The number of nitrogens with zero attached hydrogens (tertiary/aromatic N) is 5. The Kier molecular flexibility index (Phi) is 5.35. The van der Waals surface area contributed by atoms with Gasteiger partial charge in [-0.25, -0.2) is 0 Å². The molecule has 0 radical (unpaired) electrons. The van der Waals surface area contributed by atoms with E-state index in [9.17, 15) is 0 Å². The summed E-state index contributed by atoms with van der Waals surface area (Å²) in [4.78, 5) is 11.2. The van der Waals surface area contributed by atoms with Gasteiger partial charge in [0.05, 0.1) is 19.2 Å². The molecule has 0 bridgehead atoms. The standard InChI is InChI=1S/C15H23N5O3/c1-3-12-17-15(23-18-12)11-6-4-5-8-20(11)10-14-16-13(19-22-14)7-9-21-2/h11H,3-10H2,1-2H3/t11-/m0/s1. The first-order valence-electron chi connectivity index (χ1n) is 8.17. The molecule has 23 heavy (non-hydrogen) atoms.